The van der Waals surface area contributed by atoms with E-state index in [4.69, 9.17) is 5.21 Å². The van der Waals surface area contributed by atoms with Gasteiger partial charge in [0, 0.05) is 24.2 Å². The van der Waals surface area contributed by atoms with Crippen molar-refractivity contribution in [2.24, 2.45) is 4.99 Å². The van der Waals surface area contributed by atoms with Crippen LogP contribution in [0, 0.1) is 0 Å². The number of carbonyl (C=O) groups is 2. The minimum atomic E-state index is -0.617. The van der Waals surface area contributed by atoms with Gasteiger partial charge in [-0.05, 0) is 35.2 Å². The largest absolute Gasteiger partial charge is 0.329 e. The first-order valence-corrected chi connectivity index (χ1v) is 9.04. The van der Waals surface area contributed by atoms with Gasteiger partial charge in [0.25, 0.3) is 11.8 Å². The molecule has 1 aliphatic rings. The number of hydroxylamine groups is 1. The Morgan fingerprint density at radius 1 is 1.07 bits per heavy atom. The van der Waals surface area contributed by atoms with Crippen LogP contribution in [-0.4, -0.2) is 47.3 Å². The zero-order chi connectivity index (χ0) is 19.2. The molecule has 1 aliphatic heterocycles. The zero-order valence-electron chi connectivity index (χ0n) is 15.3. The van der Waals surface area contributed by atoms with Gasteiger partial charge in [0.05, 0.1) is 6.54 Å². The Labute approximate surface area is 158 Å². The molecule has 0 fully saturated rings. The monoisotopic (exact) mass is 365 g/mol. The van der Waals surface area contributed by atoms with E-state index in [2.05, 4.69) is 36.2 Å². The quantitative estimate of drug-likeness (QED) is 0.557. The van der Waals surface area contributed by atoms with Gasteiger partial charge < -0.3 is 4.90 Å². The van der Waals surface area contributed by atoms with Crippen LogP contribution in [0.2, 0.25) is 0 Å². The fourth-order valence-corrected chi connectivity index (χ4v) is 2.86. The second-order valence-electron chi connectivity index (χ2n) is 6.52. The second kappa shape index (κ2) is 8.60. The van der Waals surface area contributed by atoms with Gasteiger partial charge in [-0.1, -0.05) is 43.3 Å². The van der Waals surface area contributed by atoms with Gasteiger partial charge in [-0.25, -0.2) is 5.48 Å². The first-order valence-electron chi connectivity index (χ1n) is 9.04. The molecule has 3 rings (SSSR count). The van der Waals surface area contributed by atoms with Crippen molar-refractivity contribution < 1.29 is 14.8 Å². The van der Waals surface area contributed by atoms with E-state index in [9.17, 15) is 9.59 Å². The van der Waals surface area contributed by atoms with Crippen molar-refractivity contribution in [2.75, 3.05) is 19.6 Å². The van der Waals surface area contributed by atoms with Crippen LogP contribution in [0.25, 0.3) is 11.1 Å². The van der Waals surface area contributed by atoms with Gasteiger partial charge in [0.1, 0.15) is 6.54 Å². The van der Waals surface area contributed by atoms with E-state index < -0.39 is 5.91 Å². The van der Waals surface area contributed by atoms with Gasteiger partial charge in [0.2, 0.25) is 0 Å². The molecule has 6 nitrogen and oxygen atoms in total. The molecule has 0 spiro atoms. The van der Waals surface area contributed by atoms with Crippen molar-refractivity contribution in [3.63, 3.8) is 0 Å². The lowest BCUT2D eigenvalue weighted by Crippen LogP contribution is -2.40. The molecular weight excluding hydrogens is 342 g/mol. The molecule has 1 heterocycles. The van der Waals surface area contributed by atoms with E-state index in [1.165, 1.54) is 10.5 Å². The average Bonchev–Trinajstić information content (AvgIpc) is 3.55. The van der Waals surface area contributed by atoms with Crippen LogP contribution in [0.15, 0.2) is 53.5 Å². The molecule has 0 saturated heterocycles. The first kappa shape index (κ1) is 18.8. The Bertz CT molecular complexity index is 842. The Morgan fingerprint density at radius 2 is 1.67 bits per heavy atom. The molecule has 0 saturated carbocycles. The minimum absolute atomic E-state index is 0.192. The average molecular weight is 365 g/mol. The highest BCUT2D eigenvalue weighted by atomic mass is 16.5. The fourth-order valence-electron chi connectivity index (χ4n) is 2.86. The van der Waals surface area contributed by atoms with E-state index >= 15 is 0 Å². The summed E-state index contributed by atoms with van der Waals surface area (Å²) in [7, 11) is 0. The lowest BCUT2D eigenvalue weighted by atomic mass is 10.0. The van der Waals surface area contributed by atoms with Crippen molar-refractivity contribution in [2.45, 2.75) is 19.8 Å². The first-order chi connectivity index (χ1) is 13.1. The number of hydrogen-bond acceptors (Lipinski definition) is 4. The smallest absolute Gasteiger partial charge is 0.262 e. The molecular formula is C21H23N3O3. The molecule has 0 aromatic heterocycles. The lowest BCUT2D eigenvalue weighted by Gasteiger charge is -2.21. The number of benzene rings is 2. The van der Waals surface area contributed by atoms with Gasteiger partial charge >= 0.3 is 0 Å². The van der Waals surface area contributed by atoms with E-state index in [0.29, 0.717) is 18.5 Å². The van der Waals surface area contributed by atoms with Gasteiger partial charge in [-0.2, -0.15) is 0 Å². The molecule has 27 heavy (non-hydrogen) atoms. The molecule has 0 unspecified atom stereocenters. The molecule has 0 bridgehead atoms. The molecule has 2 aromatic carbocycles. The summed E-state index contributed by atoms with van der Waals surface area (Å²) >= 11 is 0. The summed E-state index contributed by atoms with van der Waals surface area (Å²) in [6.07, 6.45) is 1.64. The summed E-state index contributed by atoms with van der Waals surface area (Å²) in [5.74, 6) is -0.860. The molecule has 2 N–H and O–H groups in total. The normalized spacial score (nSPS) is 12.3. The molecule has 0 atom stereocenters. The Kier molecular flexibility index (Phi) is 5.98. The Hall–Kier alpha value is -2.99. The third-order valence-corrected chi connectivity index (χ3v) is 4.63. The molecule has 0 radical (unpaired) electrons. The number of amides is 2. The minimum Gasteiger partial charge on any atom is -0.329 e. The number of rotatable bonds is 8. The van der Waals surface area contributed by atoms with Crippen LogP contribution in [0.3, 0.4) is 0 Å². The molecule has 6 heteroatoms. The number of carbonyl (C=O) groups excluding carboxylic acids is 2. The summed E-state index contributed by atoms with van der Waals surface area (Å²) < 4.78 is 0. The number of hydrogen-bond donors (Lipinski definition) is 2. The lowest BCUT2D eigenvalue weighted by molar-refractivity contribution is -0.129. The van der Waals surface area contributed by atoms with Crippen LogP contribution >= 0.6 is 0 Å². The summed E-state index contributed by atoms with van der Waals surface area (Å²) in [5, 5.41) is 8.76. The van der Waals surface area contributed by atoms with E-state index in [-0.39, 0.29) is 12.5 Å². The molecule has 140 valence electrons. The maximum Gasteiger partial charge on any atom is 0.262 e. The Balaban J connectivity index is 1.72. The summed E-state index contributed by atoms with van der Waals surface area (Å²) in [5.41, 5.74) is 6.54. The molecule has 2 aromatic rings. The SMILES string of the molecule is CCc1ccc(-c2ccc(C(=O)N(CCC3=NC3)CC(=O)NO)cc2)cc1. The maximum atomic E-state index is 12.8. The molecule has 0 aliphatic carbocycles. The van der Waals surface area contributed by atoms with Crippen molar-refractivity contribution in [3.05, 3.63) is 59.7 Å². The summed E-state index contributed by atoms with van der Waals surface area (Å²) in [6, 6.07) is 15.7. The highest BCUT2D eigenvalue weighted by Crippen LogP contribution is 2.21. The number of nitrogens with one attached hydrogen (secondary N) is 1. The summed E-state index contributed by atoms with van der Waals surface area (Å²) in [6.45, 7) is 3.06. The van der Waals surface area contributed by atoms with Crippen molar-refractivity contribution in [1.82, 2.24) is 10.4 Å². The van der Waals surface area contributed by atoms with Crippen LogP contribution in [0.4, 0.5) is 0 Å². The zero-order valence-corrected chi connectivity index (χ0v) is 15.3. The predicted molar refractivity (Wildman–Crippen MR) is 104 cm³/mol. The topological polar surface area (TPSA) is 82.0 Å². The highest BCUT2D eigenvalue weighted by Gasteiger charge is 2.21. The number of aryl methyl sites for hydroxylation is 1. The van der Waals surface area contributed by atoms with Crippen molar-refractivity contribution >= 4 is 17.5 Å². The van der Waals surface area contributed by atoms with Crippen LogP contribution < -0.4 is 5.48 Å². The van der Waals surface area contributed by atoms with Crippen molar-refractivity contribution in [1.29, 1.82) is 0 Å². The summed E-state index contributed by atoms with van der Waals surface area (Å²) in [4.78, 5) is 29.8. The highest BCUT2D eigenvalue weighted by molar-refractivity contribution is 5.99. The van der Waals surface area contributed by atoms with Crippen LogP contribution in [0.5, 0.6) is 0 Å². The third kappa shape index (κ3) is 5.01. The van der Waals surface area contributed by atoms with Gasteiger partial charge in [-0.15, -0.1) is 0 Å². The van der Waals surface area contributed by atoms with Crippen LogP contribution in [-0.2, 0) is 11.2 Å². The predicted octanol–water partition coefficient (Wildman–Crippen LogP) is 2.71. The second-order valence-corrected chi connectivity index (χ2v) is 6.52. The van der Waals surface area contributed by atoms with E-state index in [0.717, 1.165) is 29.8 Å². The van der Waals surface area contributed by atoms with Gasteiger partial charge in [0.15, 0.2) is 0 Å². The maximum absolute atomic E-state index is 12.8. The van der Waals surface area contributed by atoms with E-state index in [1.54, 1.807) is 17.6 Å². The fraction of sp³-hybridized carbons (Fsp3) is 0.286. The standard InChI is InChI=1S/C21H23N3O3/c1-2-15-3-5-16(6-4-15)17-7-9-18(10-8-17)21(26)24(14-20(25)23-27)12-11-19-13-22-19/h3-10,27H,2,11-14H2,1H3,(H,23,25). The van der Waals surface area contributed by atoms with Gasteiger partial charge in [-0.3, -0.25) is 19.8 Å². The number of aliphatic imine (C=N–C) groups is 1. The third-order valence-electron chi connectivity index (χ3n) is 4.63. The number of nitrogens with zero attached hydrogens (tertiary/aromatic N) is 2. The van der Waals surface area contributed by atoms with Crippen molar-refractivity contribution in [3.8, 4) is 11.1 Å². The van der Waals surface area contributed by atoms with Crippen LogP contribution in [0.1, 0.15) is 29.3 Å². The molecule has 2 amide bonds. The Morgan fingerprint density at radius 3 is 2.19 bits per heavy atom. The van der Waals surface area contributed by atoms with E-state index in [1.807, 2.05) is 12.1 Å².